The van der Waals surface area contributed by atoms with Crippen LogP contribution in [0.5, 0.6) is 5.75 Å². The van der Waals surface area contributed by atoms with E-state index >= 15 is 0 Å². The van der Waals surface area contributed by atoms with Crippen LogP contribution in [-0.2, 0) is 14.8 Å². The number of hydrogen-bond acceptors (Lipinski definition) is 4. The number of para-hydroxylation sites is 1. The zero-order valence-electron chi connectivity index (χ0n) is 13.9. The fourth-order valence-electron chi connectivity index (χ4n) is 3.36. The molecular weight excluding hydrogens is 328 g/mol. The van der Waals surface area contributed by atoms with Crippen LogP contribution in [0, 0.1) is 5.92 Å². The second-order valence-electron chi connectivity index (χ2n) is 6.31. The Hall–Kier alpha value is -1.60. The smallest absolute Gasteiger partial charge is 0.223 e. The molecule has 7 heteroatoms. The van der Waals surface area contributed by atoms with Crippen molar-refractivity contribution < 1.29 is 17.9 Å². The molecule has 24 heavy (non-hydrogen) atoms. The minimum Gasteiger partial charge on any atom is -0.493 e. The van der Waals surface area contributed by atoms with Gasteiger partial charge in [0.25, 0.3) is 0 Å². The molecule has 0 aromatic heterocycles. The molecular formula is C17H24N2O4S. The van der Waals surface area contributed by atoms with Gasteiger partial charge in [-0.2, -0.15) is 0 Å². The number of carbonyl (C=O) groups is 1. The predicted molar refractivity (Wildman–Crippen MR) is 91.2 cm³/mol. The highest BCUT2D eigenvalue weighted by molar-refractivity contribution is 7.89. The lowest BCUT2D eigenvalue weighted by molar-refractivity contribution is -0.127. The minimum atomic E-state index is -3.15. The Kier molecular flexibility index (Phi) is 5.10. The first kappa shape index (κ1) is 17.2. The average Bonchev–Trinajstić information content (AvgIpc) is 2.62. The van der Waals surface area contributed by atoms with Crippen LogP contribution < -0.4 is 10.1 Å². The van der Waals surface area contributed by atoms with Crippen LogP contribution in [0.3, 0.4) is 0 Å². The number of ether oxygens (including phenoxy) is 1. The van der Waals surface area contributed by atoms with Gasteiger partial charge in [-0.15, -0.1) is 0 Å². The summed E-state index contributed by atoms with van der Waals surface area (Å²) < 4.78 is 30.9. The van der Waals surface area contributed by atoms with Crippen molar-refractivity contribution in [1.82, 2.24) is 9.62 Å². The number of amides is 1. The molecule has 0 saturated carbocycles. The first-order chi connectivity index (χ1) is 11.5. The first-order valence-corrected chi connectivity index (χ1v) is 10.1. The van der Waals surface area contributed by atoms with Crippen molar-refractivity contribution >= 4 is 15.9 Å². The molecule has 1 aromatic carbocycles. The SMILES string of the molecule is CCS(=O)(=O)N1CCC(C(=O)NC2CCOc3ccccc32)CC1. The van der Waals surface area contributed by atoms with E-state index in [4.69, 9.17) is 4.74 Å². The second kappa shape index (κ2) is 7.11. The second-order valence-corrected chi connectivity index (χ2v) is 8.57. The Bertz CT molecular complexity index is 696. The molecule has 0 aliphatic carbocycles. The van der Waals surface area contributed by atoms with Crippen molar-refractivity contribution in [2.45, 2.75) is 32.2 Å². The Morgan fingerprint density at radius 3 is 2.67 bits per heavy atom. The number of carbonyl (C=O) groups excluding carboxylic acids is 1. The summed E-state index contributed by atoms with van der Waals surface area (Å²) in [5.74, 6) is 0.842. The van der Waals surface area contributed by atoms with Gasteiger partial charge in [-0.05, 0) is 25.8 Å². The van der Waals surface area contributed by atoms with E-state index in [2.05, 4.69) is 5.32 Å². The highest BCUT2D eigenvalue weighted by Crippen LogP contribution is 2.32. The molecule has 1 amide bonds. The average molecular weight is 352 g/mol. The predicted octanol–water partition coefficient (Wildman–Crippen LogP) is 1.69. The summed E-state index contributed by atoms with van der Waals surface area (Å²) >= 11 is 0. The molecule has 1 N–H and O–H groups in total. The highest BCUT2D eigenvalue weighted by Gasteiger charge is 2.32. The van der Waals surface area contributed by atoms with Gasteiger partial charge in [0.2, 0.25) is 15.9 Å². The monoisotopic (exact) mass is 352 g/mol. The fourth-order valence-corrected chi connectivity index (χ4v) is 4.49. The van der Waals surface area contributed by atoms with E-state index in [1.165, 1.54) is 4.31 Å². The van der Waals surface area contributed by atoms with E-state index < -0.39 is 10.0 Å². The van der Waals surface area contributed by atoms with Gasteiger partial charge in [-0.25, -0.2) is 12.7 Å². The lowest BCUT2D eigenvalue weighted by Gasteiger charge is -2.32. The molecule has 2 aliphatic heterocycles. The Balaban J connectivity index is 1.60. The summed E-state index contributed by atoms with van der Waals surface area (Å²) in [5, 5.41) is 3.13. The normalized spacial score (nSPS) is 22.5. The van der Waals surface area contributed by atoms with Gasteiger partial charge in [0.05, 0.1) is 18.4 Å². The van der Waals surface area contributed by atoms with Gasteiger partial charge in [0, 0.05) is 31.0 Å². The highest BCUT2D eigenvalue weighted by atomic mass is 32.2. The molecule has 2 aliphatic rings. The molecule has 3 rings (SSSR count). The third-order valence-corrected chi connectivity index (χ3v) is 6.74. The molecule has 1 saturated heterocycles. The molecule has 0 radical (unpaired) electrons. The zero-order chi connectivity index (χ0) is 17.2. The van der Waals surface area contributed by atoms with Gasteiger partial charge >= 0.3 is 0 Å². The minimum absolute atomic E-state index is 0.0187. The topological polar surface area (TPSA) is 75.7 Å². The van der Waals surface area contributed by atoms with Gasteiger partial charge < -0.3 is 10.1 Å². The van der Waals surface area contributed by atoms with Crippen LogP contribution in [0.15, 0.2) is 24.3 Å². The van der Waals surface area contributed by atoms with Crippen LogP contribution in [0.2, 0.25) is 0 Å². The standard InChI is InChI=1S/C17H24N2O4S/c1-2-24(21,22)19-10-7-13(8-11-19)17(20)18-15-9-12-23-16-6-4-3-5-14(15)16/h3-6,13,15H,2,7-12H2,1H3,(H,18,20). The van der Waals surface area contributed by atoms with Crippen LogP contribution in [0.4, 0.5) is 0 Å². The molecule has 1 unspecified atom stereocenters. The molecule has 0 bridgehead atoms. The van der Waals surface area contributed by atoms with Crippen LogP contribution in [0.1, 0.15) is 37.8 Å². The van der Waals surface area contributed by atoms with Crippen LogP contribution in [0.25, 0.3) is 0 Å². The maximum Gasteiger partial charge on any atom is 0.223 e. The summed E-state index contributed by atoms with van der Waals surface area (Å²) in [5.41, 5.74) is 1.02. The van der Waals surface area contributed by atoms with Gasteiger partial charge in [0.15, 0.2) is 0 Å². The molecule has 1 atom stereocenters. The molecule has 132 valence electrons. The number of hydrogen-bond donors (Lipinski definition) is 1. The van der Waals surface area contributed by atoms with Crippen molar-refractivity contribution in [2.75, 3.05) is 25.4 Å². The van der Waals surface area contributed by atoms with Crippen molar-refractivity contribution in [1.29, 1.82) is 0 Å². The Morgan fingerprint density at radius 2 is 1.96 bits per heavy atom. The Morgan fingerprint density at radius 1 is 1.25 bits per heavy atom. The van der Waals surface area contributed by atoms with E-state index in [0.717, 1.165) is 17.7 Å². The van der Waals surface area contributed by atoms with Crippen LogP contribution >= 0.6 is 0 Å². The third kappa shape index (κ3) is 3.57. The molecule has 6 nitrogen and oxygen atoms in total. The van der Waals surface area contributed by atoms with Crippen molar-refractivity contribution in [3.8, 4) is 5.75 Å². The molecule has 2 heterocycles. The molecule has 0 spiro atoms. The molecule has 1 aromatic rings. The quantitative estimate of drug-likeness (QED) is 0.895. The Labute approximate surface area is 143 Å². The van der Waals surface area contributed by atoms with E-state index in [9.17, 15) is 13.2 Å². The maximum absolute atomic E-state index is 12.6. The van der Waals surface area contributed by atoms with Gasteiger partial charge in [-0.3, -0.25) is 4.79 Å². The fraction of sp³-hybridized carbons (Fsp3) is 0.588. The number of piperidine rings is 1. The number of rotatable bonds is 4. The van der Waals surface area contributed by atoms with Crippen LogP contribution in [-0.4, -0.2) is 44.1 Å². The number of nitrogens with zero attached hydrogens (tertiary/aromatic N) is 1. The number of fused-ring (bicyclic) bond motifs is 1. The molecule has 1 fully saturated rings. The number of benzene rings is 1. The lowest BCUT2D eigenvalue weighted by Crippen LogP contribution is -2.44. The third-order valence-electron chi connectivity index (χ3n) is 4.86. The largest absolute Gasteiger partial charge is 0.493 e. The number of nitrogens with one attached hydrogen (secondary N) is 1. The lowest BCUT2D eigenvalue weighted by atomic mass is 9.95. The number of sulfonamides is 1. The maximum atomic E-state index is 12.6. The van der Waals surface area contributed by atoms with E-state index in [1.54, 1.807) is 6.92 Å². The van der Waals surface area contributed by atoms with E-state index in [0.29, 0.717) is 32.5 Å². The first-order valence-electron chi connectivity index (χ1n) is 8.51. The summed E-state index contributed by atoms with van der Waals surface area (Å²) in [6.45, 7) is 3.10. The summed E-state index contributed by atoms with van der Waals surface area (Å²) in [6.07, 6.45) is 1.91. The van der Waals surface area contributed by atoms with Crippen molar-refractivity contribution in [3.63, 3.8) is 0 Å². The summed E-state index contributed by atoms with van der Waals surface area (Å²) in [4.78, 5) is 12.6. The summed E-state index contributed by atoms with van der Waals surface area (Å²) in [7, 11) is -3.15. The van der Waals surface area contributed by atoms with Crippen molar-refractivity contribution in [2.24, 2.45) is 5.92 Å². The van der Waals surface area contributed by atoms with E-state index in [1.807, 2.05) is 24.3 Å². The van der Waals surface area contributed by atoms with Gasteiger partial charge in [0.1, 0.15) is 5.75 Å². The van der Waals surface area contributed by atoms with E-state index in [-0.39, 0.29) is 23.6 Å². The van der Waals surface area contributed by atoms with Crippen molar-refractivity contribution in [3.05, 3.63) is 29.8 Å². The zero-order valence-corrected chi connectivity index (χ0v) is 14.7. The van der Waals surface area contributed by atoms with Gasteiger partial charge in [-0.1, -0.05) is 18.2 Å². The summed E-state index contributed by atoms with van der Waals surface area (Å²) in [6, 6.07) is 7.74.